The highest BCUT2D eigenvalue weighted by atomic mass is 35.5. The van der Waals surface area contributed by atoms with E-state index in [1.165, 1.54) is 0 Å². The molecule has 1 aromatic rings. The lowest BCUT2D eigenvalue weighted by molar-refractivity contribution is 0.460. The Kier molecular flexibility index (Phi) is 5.21. The predicted octanol–water partition coefficient (Wildman–Crippen LogP) is 2.04. The van der Waals surface area contributed by atoms with E-state index in [4.69, 9.17) is 23.8 Å². The molecule has 0 atom stereocenters. The molecule has 1 rings (SSSR count). The van der Waals surface area contributed by atoms with E-state index in [1.54, 1.807) is 10.9 Å². The van der Waals surface area contributed by atoms with Crippen LogP contribution in [0, 0.1) is 5.92 Å². The van der Waals surface area contributed by atoms with Gasteiger partial charge in [-0.15, -0.1) is 0 Å². The summed E-state index contributed by atoms with van der Waals surface area (Å²) in [5, 5.41) is 8.72. The quantitative estimate of drug-likeness (QED) is 0.852. The third kappa shape index (κ3) is 4.16. The van der Waals surface area contributed by atoms with Gasteiger partial charge < -0.3 is 10.2 Å². The van der Waals surface area contributed by atoms with E-state index in [9.17, 15) is 0 Å². The third-order valence-electron chi connectivity index (χ3n) is 2.41. The van der Waals surface area contributed by atoms with E-state index in [0.29, 0.717) is 17.5 Å². The largest absolute Gasteiger partial charge is 0.362 e. The zero-order chi connectivity index (χ0) is 13.0. The van der Waals surface area contributed by atoms with Crippen molar-refractivity contribution in [1.29, 1.82) is 0 Å². The second kappa shape index (κ2) is 6.21. The molecule has 0 aliphatic rings. The Hall–Kier alpha value is -0.810. The fourth-order valence-corrected chi connectivity index (χ4v) is 1.71. The number of aryl methyl sites for hydroxylation is 1. The van der Waals surface area contributed by atoms with Gasteiger partial charge in [0.05, 0.1) is 23.5 Å². The van der Waals surface area contributed by atoms with E-state index < -0.39 is 0 Å². The molecule has 96 valence electrons. The van der Waals surface area contributed by atoms with Gasteiger partial charge in [-0.05, 0) is 18.1 Å². The number of nitrogens with zero attached hydrogens (tertiary/aromatic N) is 3. The second-order valence-corrected chi connectivity index (χ2v) is 5.29. The first-order valence-electron chi connectivity index (χ1n) is 5.57. The lowest BCUT2D eigenvalue weighted by Crippen LogP contribution is -2.38. The molecule has 0 aromatic carbocycles. The van der Waals surface area contributed by atoms with Gasteiger partial charge in [-0.3, -0.25) is 4.68 Å². The van der Waals surface area contributed by atoms with E-state index in [1.807, 2.05) is 19.0 Å². The van der Waals surface area contributed by atoms with Crippen molar-refractivity contribution < 1.29 is 0 Å². The SMILES string of the molecule is CC(C)CNC(=S)N(C)Cc1c(Cl)cnn1C. The van der Waals surface area contributed by atoms with Gasteiger partial charge in [-0.2, -0.15) is 5.10 Å². The predicted molar refractivity (Wildman–Crippen MR) is 75.1 cm³/mol. The molecular formula is C11H19ClN4S. The highest BCUT2D eigenvalue weighted by Gasteiger charge is 2.11. The smallest absolute Gasteiger partial charge is 0.169 e. The lowest BCUT2D eigenvalue weighted by Gasteiger charge is -2.22. The van der Waals surface area contributed by atoms with Gasteiger partial charge in [-0.1, -0.05) is 25.4 Å². The van der Waals surface area contributed by atoms with Gasteiger partial charge in [0, 0.05) is 20.6 Å². The summed E-state index contributed by atoms with van der Waals surface area (Å²) < 4.78 is 1.77. The van der Waals surface area contributed by atoms with Crippen molar-refractivity contribution in [3.8, 4) is 0 Å². The fourth-order valence-electron chi connectivity index (χ4n) is 1.34. The Morgan fingerprint density at radius 3 is 2.76 bits per heavy atom. The molecule has 0 aliphatic heterocycles. The number of aromatic nitrogens is 2. The Balaban J connectivity index is 2.54. The Morgan fingerprint density at radius 2 is 2.29 bits per heavy atom. The maximum absolute atomic E-state index is 6.05. The van der Waals surface area contributed by atoms with E-state index in [0.717, 1.165) is 17.4 Å². The van der Waals surface area contributed by atoms with Crippen LogP contribution < -0.4 is 5.32 Å². The Bertz CT molecular complexity index is 369. The summed E-state index contributed by atoms with van der Waals surface area (Å²) >= 11 is 11.3. The number of hydrogen-bond donors (Lipinski definition) is 1. The Morgan fingerprint density at radius 1 is 1.65 bits per heavy atom. The van der Waals surface area contributed by atoms with Crippen molar-refractivity contribution in [2.45, 2.75) is 20.4 Å². The number of halogens is 1. The standard InChI is InChI=1S/C11H19ClN4S/c1-8(2)5-13-11(17)15(3)7-10-9(12)6-14-16(10)4/h6,8H,5,7H2,1-4H3,(H,13,17). The second-order valence-electron chi connectivity index (χ2n) is 4.50. The van der Waals surface area contributed by atoms with Crippen molar-refractivity contribution in [2.24, 2.45) is 13.0 Å². The molecule has 1 heterocycles. The molecule has 0 aliphatic carbocycles. The molecular weight excluding hydrogens is 256 g/mol. The molecule has 0 radical (unpaired) electrons. The van der Waals surface area contributed by atoms with Crippen LogP contribution in [-0.2, 0) is 13.6 Å². The molecule has 0 saturated carbocycles. The highest BCUT2D eigenvalue weighted by molar-refractivity contribution is 7.80. The topological polar surface area (TPSA) is 33.1 Å². The van der Waals surface area contributed by atoms with Gasteiger partial charge in [0.2, 0.25) is 0 Å². The number of nitrogens with one attached hydrogen (secondary N) is 1. The number of rotatable bonds is 4. The first-order valence-corrected chi connectivity index (χ1v) is 6.35. The maximum atomic E-state index is 6.05. The first-order chi connectivity index (χ1) is 7.91. The third-order valence-corrected chi connectivity index (χ3v) is 3.18. The van der Waals surface area contributed by atoms with Crippen LogP contribution in [0.1, 0.15) is 19.5 Å². The summed E-state index contributed by atoms with van der Waals surface area (Å²) in [5.74, 6) is 0.571. The molecule has 0 bridgehead atoms. The van der Waals surface area contributed by atoms with Gasteiger partial charge >= 0.3 is 0 Å². The van der Waals surface area contributed by atoms with Crippen molar-refractivity contribution in [1.82, 2.24) is 20.0 Å². The van der Waals surface area contributed by atoms with E-state index in [-0.39, 0.29) is 0 Å². The van der Waals surface area contributed by atoms with Crippen LogP contribution in [0.2, 0.25) is 5.02 Å². The normalized spacial score (nSPS) is 10.7. The molecule has 1 aromatic heterocycles. The molecule has 0 unspecified atom stereocenters. The van der Waals surface area contributed by atoms with Crippen molar-refractivity contribution in [2.75, 3.05) is 13.6 Å². The van der Waals surface area contributed by atoms with Crippen LogP contribution >= 0.6 is 23.8 Å². The number of hydrogen-bond acceptors (Lipinski definition) is 2. The van der Waals surface area contributed by atoms with E-state index >= 15 is 0 Å². The van der Waals surface area contributed by atoms with Crippen molar-refractivity contribution >= 4 is 28.9 Å². The van der Waals surface area contributed by atoms with Gasteiger partial charge in [0.15, 0.2) is 5.11 Å². The van der Waals surface area contributed by atoms with Crippen LogP contribution in [-0.4, -0.2) is 33.4 Å². The van der Waals surface area contributed by atoms with E-state index in [2.05, 4.69) is 24.3 Å². The summed E-state index contributed by atoms with van der Waals surface area (Å²) in [7, 11) is 3.82. The summed E-state index contributed by atoms with van der Waals surface area (Å²) in [6.45, 7) is 5.82. The minimum Gasteiger partial charge on any atom is -0.362 e. The molecule has 6 heteroatoms. The lowest BCUT2D eigenvalue weighted by atomic mass is 10.2. The summed E-state index contributed by atoms with van der Waals surface area (Å²) in [6, 6.07) is 0. The van der Waals surface area contributed by atoms with Gasteiger partial charge in [-0.25, -0.2) is 0 Å². The molecule has 0 fully saturated rings. The van der Waals surface area contributed by atoms with Crippen LogP contribution in [0.4, 0.5) is 0 Å². The summed E-state index contributed by atoms with van der Waals surface area (Å²) in [5.41, 5.74) is 0.961. The molecule has 0 spiro atoms. The van der Waals surface area contributed by atoms with Gasteiger partial charge in [0.1, 0.15) is 0 Å². The zero-order valence-electron chi connectivity index (χ0n) is 10.7. The van der Waals surface area contributed by atoms with Crippen LogP contribution in [0.3, 0.4) is 0 Å². The molecule has 4 nitrogen and oxygen atoms in total. The van der Waals surface area contributed by atoms with Gasteiger partial charge in [0.25, 0.3) is 0 Å². The van der Waals surface area contributed by atoms with Crippen LogP contribution in [0.5, 0.6) is 0 Å². The monoisotopic (exact) mass is 274 g/mol. The molecule has 1 N–H and O–H groups in total. The Labute approximate surface area is 113 Å². The minimum atomic E-state index is 0.571. The maximum Gasteiger partial charge on any atom is 0.169 e. The first kappa shape index (κ1) is 14.3. The van der Waals surface area contributed by atoms with Crippen molar-refractivity contribution in [3.05, 3.63) is 16.9 Å². The van der Waals surface area contributed by atoms with Crippen LogP contribution in [0.25, 0.3) is 0 Å². The minimum absolute atomic E-state index is 0.571. The molecule has 17 heavy (non-hydrogen) atoms. The summed E-state index contributed by atoms with van der Waals surface area (Å²) in [6.07, 6.45) is 1.65. The molecule has 0 amide bonds. The fraction of sp³-hybridized carbons (Fsp3) is 0.636. The average molecular weight is 275 g/mol. The van der Waals surface area contributed by atoms with Crippen LogP contribution in [0.15, 0.2) is 6.20 Å². The summed E-state index contributed by atoms with van der Waals surface area (Å²) in [4.78, 5) is 1.96. The highest BCUT2D eigenvalue weighted by Crippen LogP contribution is 2.15. The zero-order valence-corrected chi connectivity index (χ0v) is 12.3. The molecule has 0 saturated heterocycles. The average Bonchev–Trinajstić information content (AvgIpc) is 2.57. The van der Waals surface area contributed by atoms with Crippen molar-refractivity contribution in [3.63, 3.8) is 0 Å². The number of thiocarbonyl (C=S) groups is 1.